The Bertz CT molecular complexity index is 865. The number of ketones is 1. The van der Waals surface area contributed by atoms with E-state index in [0.717, 1.165) is 0 Å². The summed E-state index contributed by atoms with van der Waals surface area (Å²) in [5, 5.41) is 7.99. The smallest absolute Gasteiger partial charge is 0.272 e. The van der Waals surface area contributed by atoms with Crippen molar-refractivity contribution in [3.05, 3.63) is 24.3 Å². The Kier molecular flexibility index (Phi) is 10.4. The Morgan fingerprint density at radius 2 is 1.76 bits per heavy atom. The first kappa shape index (κ1) is 27.7. The maximum Gasteiger partial charge on any atom is 0.272 e. The van der Waals surface area contributed by atoms with Crippen molar-refractivity contribution in [2.24, 2.45) is 5.92 Å². The fourth-order valence-electron chi connectivity index (χ4n) is 3.21. The summed E-state index contributed by atoms with van der Waals surface area (Å²) in [6.07, 6.45) is 6.32. The number of amides is 3. The topological polar surface area (TPSA) is 152 Å². The first-order valence-electron chi connectivity index (χ1n) is 10.9. The molecule has 1 aliphatic heterocycles. The van der Waals surface area contributed by atoms with Crippen molar-refractivity contribution >= 4 is 35.3 Å². The van der Waals surface area contributed by atoms with Crippen LogP contribution < -0.4 is 16.0 Å². The first-order valence-corrected chi connectivity index (χ1v) is 12.3. The second kappa shape index (κ2) is 12.8. The van der Waals surface area contributed by atoms with Crippen LogP contribution in [-0.4, -0.2) is 89.5 Å². The predicted molar refractivity (Wildman–Crippen MR) is 126 cm³/mol. The molecule has 2 rings (SSSR count). The number of ether oxygens (including phenoxy) is 2. The molecule has 0 spiro atoms. The van der Waals surface area contributed by atoms with E-state index in [4.69, 9.17) is 9.47 Å². The SMILES string of the molecule is COC[C@H](NC(=O)[C@@H](CSC)NC(=O)c1cnccn1)C(=O)N[C@@H](CC(C)C)C(=O)[C@@]1(C)CO1. The van der Waals surface area contributed by atoms with Gasteiger partial charge in [-0.1, -0.05) is 13.8 Å². The Labute approximate surface area is 203 Å². The van der Waals surface area contributed by atoms with E-state index in [1.807, 2.05) is 13.8 Å². The van der Waals surface area contributed by atoms with Crippen LogP contribution in [0.2, 0.25) is 0 Å². The van der Waals surface area contributed by atoms with E-state index < -0.39 is 41.4 Å². The maximum atomic E-state index is 13.0. The summed E-state index contributed by atoms with van der Waals surface area (Å²) in [4.78, 5) is 59.0. The Morgan fingerprint density at radius 3 is 2.29 bits per heavy atom. The van der Waals surface area contributed by atoms with Crippen LogP contribution in [0.4, 0.5) is 0 Å². The van der Waals surface area contributed by atoms with Gasteiger partial charge in [0.25, 0.3) is 5.91 Å². The number of carbonyl (C=O) groups excluding carboxylic acids is 4. The summed E-state index contributed by atoms with van der Waals surface area (Å²) in [6, 6.07) is -2.75. The molecule has 1 aromatic heterocycles. The normalized spacial score (nSPS) is 19.6. The summed E-state index contributed by atoms with van der Waals surface area (Å²) < 4.78 is 10.4. The summed E-state index contributed by atoms with van der Waals surface area (Å²) in [5.41, 5.74) is -0.820. The number of thioether (sulfide) groups is 1. The molecule has 0 radical (unpaired) electrons. The molecule has 0 aromatic carbocycles. The lowest BCUT2D eigenvalue weighted by atomic mass is 9.93. The van der Waals surface area contributed by atoms with Gasteiger partial charge >= 0.3 is 0 Å². The molecule has 3 amide bonds. The number of nitrogens with one attached hydrogen (secondary N) is 3. The van der Waals surface area contributed by atoms with Crippen molar-refractivity contribution in [2.75, 3.05) is 32.3 Å². The molecule has 0 aliphatic carbocycles. The van der Waals surface area contributed by atoms with E-state index >= 15 is 0 Å². The van der Waals surface area contributed by atoms with Crippen molar-refractivity contribution in [3.63, 3.8) is 0 Å². The monoisotopic (exact) mass is 495 g/mol. The van der Waals surface area contributed by atoms with E-state index in [2.05, 4.69) is 25.9 Å². The molecule has 0 saturated carbocycles. The molecule has 34 heavy (non-hydrogen) atoms. The number of carbonyl (C=O) groups is 4. The Balaban J connectivity index is 2.08. The van der Waals surface area contributed by atoms with E-state index in [1.54, 1.807) is 13.2 Å². The molecule has 1 aliphatic rings. The fourth-order valence-corrected chi connectivity index (χ4v) is 3.78. The van der Waals surface area contributed by atoms with Crippen LogP contribution in [0.3, 0.4) is 0 Å². The van der Waals surface area contributed by atoms with Gasteiger partial charge in [-0.25, -0.2) is 4.98 Å². The molecule has 11 nitrogen and oxygen atoms in total. The van der Waals surface area contributed by atoms with Crippen LogP contribution in [0.25, 0.3) is 0 Å². The molecular weight excluding hydrogens is 462 g/mol. The number of aromatic nitrogens is 2. The number of nitrogens with zero attached hydrogens (tertiary/aromatic N) is 2. The third kappa shape index (κ3) is 8.03. The molecule has 1 fully saturated rings. The van der Waals surface area contributed by atoms with Crippen LogP contribution in [0, 0.1) is 5.92 Å². The van der Waals surface area contributed by atoms with E-state index in [-0.39, 0.29) is 29.8 Å². The van der Waals surface area contributed by atoms with Gasteiger partial charge in [-0.2, -0.15) is 11.8 Å². The van der Waals surface area contributed by atoms with Crippen molar-refractivity contribution in [2.45, 2.75) is 50.9 Å². The zero-order valence-corrected chi connectivity index (χ0v) is 20.9. The van der Waals surface area contributed by atoms with Crippen LogP contribution in [-0.2, 0) is 23.9 Å². The standard InChI is InChI=1S/C22H33N5O6S/c1-13(2)8-14(18(28)22(3)12-33-22)25-20(30)16(10-32-4)26-21(31)17(11-34-5)27-19(29)15-9-23-6-7-24-15/h6-7,9,13-14,16-17H,8,10-12H2,1-5H3,(H,25,30)(H,26,31)(H,27,29)/t14-,16-,17+,22+/m0/s1. The third-order valence-corrected chi connectivity index (χ3v) is 5.82. The van der Waals surface area contributed by atoms with E-state index in [0.29, 0.717) is 13.0 Å². The molecule has 2 heterocycles. The number of Topliss-reactive ketones (excluding diaryl/α,β-unsaturated/α-hetero) is 1. The molecular formula is C22H33N5O6S. The van der Waals surface area contributed by atoms with Crippen LogP contribution in [0.1, 0.15) is 37.7 Å². The van der Waals surface area contributed by atoms with Crippen molar-refractivity contribution in [3.8, 4) is 0 Å². The molecule has 0 bridgehead atoms. The number of epoxide rings is 1. The number of hydrogen-bond acceptors (Lipinski definition) is 9. The third-order valence-electron chi connectivity index (χ3n) is 5.16. The fraction of sp³-hybridized carbons (Fsp3) is 0.636. The summed E-state index contributed by atoms with van der Waals surface area (Å²) in [5.74, 6) is -1.46. The highest BCUT2D eigenvalue weighted by Crippen LogP contribution is 2.29. The van der Waals surface area contributed by atoms with E-state index in [1.165, 1.54) is 37.5 Å². The highest BCUT2D eigenvalue weighted by molar-refractivity contribution is 7.98. The van der Waals surface area contributed by atoms with Gasteiger partial charge in [-0.3, -0.25) is 24.2 Å². The number of hydrogen-bond donors (Lipinski definition) is 3. The van der Waals surface area contributed by atoms with Gasteiger partial charge in [0.1, 0.15) is 23.4 Å². The lowest BCUT2D eigenvalue weighted by Crippen LogP contribution is -2.58. The van der Waals surface area contributed by atoms with Crippen molar-refractivity contribution in [1.82, 2.24) is 25.9 Å². The molecule has 12 heteroatoms. The molecule has 4 atom stereocenters. The highest BCUT2D eigenvalue weighted by Gasteiger charge is 2.50. The predicted octanol–water partition coefficient (Wildman–Crippen LogP) is -0.0419. The average Bonchev–Trinajstić information content (AvgIpc) is 3.56. The van der Waals surface area contributed by atoms with Crippen LogP contribution in [0.5, 0.6) is 0 Å². The van der Waals surface area contributed by atoms with Gasteiger partial charge in [0.05, 0.1) is 25.5 Å². The lowest BCUT2D eigenvalue weighted by molar-refractivity contribution is -0.134. The largest absolute Gasteiger partial charge is 0.382 e. The van der Waals surface area contributed by atoms with Crippen molar-refractivity contribution < 1.29 is 28.7 Å². The van der Waals surface area contributed by atoms with Gasteiger partial charge in [-0.05, 0) is 25.5 Å². The number of rotatable bonds is 14. The minimum Gasteiger partial charge on any atom is -0.382 e. The molecule has 3 N–H and O–H groups in total. The van der Waals surface area contributed by atoms with Gasteiger partial charge < -0.3 is 25.4 Å². The van der Waals surface area contributed by atoms with Crippen LogP contribution >= 0.6 is 11.8 Å². The maximum absolute atomic E-state index is 13.0. The summed E-state index contributed by atoms with van der Waals surface area (Å²) in [7, 11) is 1.40. The zero-order valence-electron chi connectivity index (χ0n) is 20.1. The second-order valence-corrected chi connectivity index (χ2v) is 9.57. The minimum absolute atomic E-state index is 0.0680. The minimum atomic E-state index is -1.06. The van der Waals surface area contributed by atoms with Gasteiger partial charge in [0.2, 0.25) is 11.8 Å². The molecule has 1 aromatic rings. The lowest BCUT2D eigenvalue weighted by Gasteiger charge is -2.26. The average molecular weight is 496 g/mol. The van der Waals surface area contributed by atoms with Crippen LogP contribution in [0.15, 0.2) is 18.6 Å². The van der Waals surface area contributed by atoms with Gasteiger partial charge in [-0.15, -0.1) is 0 Å². The molecule has 0 unspecified atom stereocenters. The summed E-state index contributed by atoms with van der Waals surface area (Å²) >= 11 is 1.35. The molecule has 188 valence electrons. The van der Waals surface area contributed by atoms with E-state index in [9.17, 15) is 19.2 Å². The highest BCUT2D eigenvalue weighted by atomic mass is 32.2. The van der Waals surface area contributed by atoms with Gasteiger partial charge in [0, 0.05) is 25.3 Å². The zero-order chi connectivity index (χ0) is 25.3. The van der Waals surface area contributed by atoms with Gasteiger partial charge in [0.15, 0.2) is 5.78 Å². The number of methoxy groups -OCH3 is 1. The molecule has 1 saturated heterocycles. The summed E-state index contributed by atoms with van der Waals surface area (Å²) in [6.45, 7) is 5.79. The van der Waals surface area contributed by atoms with Crippen molar-refractivity contribution in [1.29, 1.82) is 0 Å². The second-order valence-electron chi connectivity index (χ2n) is 8.66. The first-order chi connectivity index (χ1) is 16.1. The Morgan fingerprint density at radius 1 is 1.12 bits per heavy atom. The quantitative estimate of drug-likeness (QED) is 0.302. The Hall–Kier alpha value is -2.57.